The molecule has 0 saturated carbocycles. The first-order valence-electron chi connectivity index (χ1n) is 9.86. The summed E-state index contributed by atoms with van der Waals surface area (Å²) in [6.07, 6.45) is 2.31. The van der Waals surface area contributed by atoms with E-state index < -0.39 is 16.7 Å². The standard InChI is InChI=1S/C21H25Cl2N5O3/c1-21(2,16-13(22)7-5-8-14(16)23)11-24-15(29)9-6-10-28-12-25-18-17(28)19(30)27(4)20(31)26(18)3/h5,7-8,12H,6,9-11H2,1-4H3,(H,24,29). The number of carbonyl (C=O) groups is 1. The van der Waals surface area contributed by atoms with Gasteiger partial charge in [-0.2, -0.15) is 0 Å². The number of hydrogen-bond acceptors (Lipinski definition) is 4. The van der Waals surface area contributed by atoms with Crippen LogP contribution in [0.2, 0.25) is 10.0 Å². The maximum absolute atomic E-state index is 12.5. The highest BCUT2D eigenvalue weighted by atomic mass is 35.5. The fraction of sp³-hybridized carbons (Fsp3) is 0.429. The van der Waals surface area contributed by atoms with Crippen molar-refractivity contribution in [1.82, 2.24) is 24.0 Å². The van der Waals surface area contributed by atoms with Crippen LogP contribution in [0.25, 0.3) is 11.2 Å². The van der Waals surface area contributed by atoms with E-state index in [0.29, 0.717) is 40.7 Å². The van der Waals surface area contributed by atoms with E-state index in [2.05, 4.69) is 10.3 Å². The lowest BCUT2D eigenvalue weighted by Gasteiger charge is -2.27. The third-order valence-electron chi connectivity index (χ3n) is 5.39. The van der Waals surface area contributed by atoms with Crippen molar-refractivity contribution < 1.29 is 4.79 Å². The van der Waals surface area contributed by atoms with Crippen molar-refractivity contribution in [3.05, 3.63) is 61.0 Å². The molecule has 0 unspecified atom stereocenters. The number of imidazole rings is 1. The third-order valence-corrected chi connectivity index (χ3v) is 6.02. The van der Waals surface area contributed by atoms with Crippen molar-refractivity contribution in [3.8, 4) is 0 Å². The van der Waals surface area contributed by atoms with Gasteiger partial charge in [0.2, 0.25) is 5.91 Å². The van der Waals surface area contributed by atoms with Gasteiger partial charge in [0, 0.05) is 49.1 Å². The largest absolute Gasteiger partial charge is 0.355 e. The Morgan fingerprint density at radius 1 is 1.13 bits per heavy atom. The third kappa shape index (κ3) is 4.55. The van der Waals surface area contributed by atoms with E-state index >= 15 is 0 Å². The first kappa shape index (κ1) is 23.1. The van der Waals surface area contributed by atoms with Gasteiger partial charge in [-0.25, -0.2) is 9.78 Å². The van der Waals surface area contributed by atoms with Gasteiger partial charge in [-0.05, 0) is 24.1 Å². The number of fused-ring (bicyclic) bond motifs is 1. The maximum Gasteiger partial charge on any atom is 0.332 e. The SMILES string of the molecule is Cn1c(=O)c2c(ncn2CCCC(=O)NCC(C)(C)c2c(Cl)cccc2Cl)n(C)c1=O. The molecule has 0 saturated heterocycles. The van der Waals surface area contributed by atoms with Crippen molar-refractivity contribution >= 4 is 40.3 Å². The molecule has 0 fully saturated rings. The molecule has 0 bridgehead atoms. The lowest BCUT2D eigenvalue weighted by atomic mass is 9.84. The molecule has 3 rings (SSSR count). The Kier molecular flexibility index (Phi) is 6.62. The lowest BCUT2D eigenvalue weighted by molar-refractivity contribution is -0.121. The summed E-state index contributed by atoms with van der Waals surface area (Å²) in [5.41, 5.74) is 0.199. The van der Waals surface area contributed by atoms with Crippen LogP contribution in [0, 0.1) is 0 Å². The van der Waals surface area contributed by atoms with Crippen LogP contribution in [0.15, 0.2) is 34.1 Å². The minimum Gasteiger partial charge on any atom is -0.355 e. The second-order valence-electron chi connectivity index (χ2n) is 8.18. The molecule has 0 aliphatic carbocycles. The molecular formula is C21H25Cl2N5O3. The molecule has 1 N–H and O–H groups in total. The summed E-state index contributed by atoms with van der Waals surface area (Å²) in [4.78, 5) is 41.1. The quantitative estimate of drug-likeness (QED) is 0.580. The van der Waals surface area contributed by atoms with Gasteiger partial charge < -0.3 is 9.88 Å². The summed E-state index contributed by atoms with van der Waals surface area (Å²) >= 11 is 12.6. The van der Waals surface area contributed by atoms with Gasteiger partial charge in [-0.1, -0.05) is 43.1 Å². The van der Waals surface area contributed by atoms with Crippen LogP contribution >= 0.6 is 23.2 Å². The number of halogens is 2. The van der Waals surface area contributed by atoms with Gasteiger partial charge in [0.1, 0.15) is 0 Å². The molecule has 2 heterocycles. The van der Waals surface area contributed by atoms with Crippen LogP contribution in [0.4, 0.5) is 0 Å². The van der Waals surface area contributed by atoms with Crippen LogP contribution in [-0.2, 0) is 30.8 Å². The number of rotatable bonds is 7. The van der Waals surface area contributed by atoms with Gasteiger partial charge in [-0.3, -0.25) is 18.7 Å². The topological polar surface area (TPSA) is 90.9 Å². The van der Waals surface area contributed by atoms with Crippen molar-refractivity contribution in [1.29, 1.82) is 0 Å². The van der Waals surface area contributed by atoms with Gasteiger partial charge in [-0.15, -0.1) is 0 Å². The van der Waals surface area contributed by atoms with Crippen molar-refractivity contribution in [3.63, 3.8) is 0 Å². The highest BCUT2D eigenvalue weighted by Gasteiger charge is 2.26. The molecule has 0 spiro atoms. The molecule has 0 radical (unpaired) electrons. The smallest absolute Gasteiger partial charge is 0.332 e. The zero-order valence-electron chi connectivity index (χ0n) is 17.9. The Morgan fingerprint density at radius 3 is 2.42 bits per heavy atom. The van der Waals surface area contributed by atoms with Crippen molar-refractivity contribution in [2.75, 3.05) is 6.54 Å². The van der Waals surface area contributed by atoms with E-state index in [-0.39, 0.29) is 12.3 Å². The number of aromatic nitrogens is 4. The summed E-state index contributed by atoms with van der Waals surface area (Å²) in [6.45, 7) is 4.75. The van der Waals surface area contributed by atoms with E-state index in [4.69, 9.17) is 23.2 Å². The molecular weight excluding hydrogens is 441 g/mol. The predicted octanol–water partition coefficient (Wildman–Crippen LogP) is 2.61. The zero-order valence-corrected chi connectivity index (χ0v) is 19.4. The van der Waals surface area contributed by atoms with Gasteiger partial charge in [0.15, 0.2) is 11.2 Å². The van der Waals surface area contributed by atoms with E-state index in [1.165, 1.54) is 17.9 Å². The summed E-state index contributed by atoms with van der Waals surface area (Å²) in [5.74, 6) is -0.110. The minimum atomic E-state index is -0.442. The monoisotopic (exact) mass is 465 g/mol. The second kappa shape index (κ2) is 8.88. The fourth-order valence-electron chi connectivity index (χ4n) is 3.62. The van der Waals surface area contributed by atoms with Gasteiger partial charge >= 0.3 is 5.69 Å². The average Bonchev–Trinajstić information content (AvgIpc) is 3.13. The van der Waals surface area contributed by atoms with Gasteiger partial charge in [0.25, 0.3) is 5.56 Å². The lowest BCUT2D eigenvalue weighted by Crippen LogP contribution is -2.37. The van der Waals surface area contributed by atoms with E-state index in [1.807, 2.05) is 13.8 Å². The summed E-state index contributed by atoms with van der Waals surface area (Å²) < 4.78 is 4.06. The molecule has 8 nitrogen and oxygen atoms in total. The van der Waals surface area contributed by atoms with Crippen LogP contribution in [0.3, 0.4) is 0 Å². The van der Waals surface area contributed by atoms with E-state index in [0.717, 1.165) is 10.1 Å². The maximum atomic E-state index is 12.5. The number of amides is 1. The minimum absolute atomic E-state index is 0.110. The van der Waals surface area contributed by atoms with Crippen LogP contribution in [-0.4, -0.2) is 31.1 Å². The molecule has 0 atom stereocenters. The second-order valence-corrected chi connectivity index (χ2v) is 8.99. The fourth-order valence-corrected chi connectivity index (χ4v) is 4.53. The normalized spacial score (nSPS) is 11.8. The van der Waals surface area contributed by atoms with Crippen molar-refractivity contribution in [2.24, 2.45) is 14.1 Å². The average molecular weight is 466 g/mol. The number of nitrogens with one attached hydrogen (secondary N) is 1. The van der Waals surface area contributed by atoms with Crippen molar-refractivity contribution in [2.45, 2.75) is 38.6 Å². The van der Waals surface area contributed by atoms with E-state index in [1.54, 1.807) is 29.8 Å². The molecule has 1 aromatic carbocycles. The number of carbonyl (C=O) groups excluding carboxylic acids is 1. The number of benzene rings is 1. The Hall–Kier alpha value is -2.58. The molecule has 3 aromatic rings. The van der Waals surface area contributed by atoms with Crippen LogP contribution < -0.4 is 16.6 Å². The first-order valence-corrected chi connectivity index (χ1v) is 10.6. The highest BCUT2D eigenvalue weighted by Crippen LogP contribution is 2.35. The van der Waals surface area contributed by atoms with E-state index in [9.17, 15) is 14.4 Å². The van der Waals surface area contributed by atoms with Crippen LogP contribution in [0.5, 0.6) is 0 Å². The molecule has 1 amide bonds. The highest BCUT2D eigenvalue weighted by molar-refractivity contribution is 6.36. The summed E-state index contributed by atoms with van der Waals surface area (Å²) in [6, 6.07) is 5.34. The summed E-state index contributed by atoms with van der Waals surface area (Å²) in [5, 5.41) is 4.07. The molecule has 31 heavy (non-hydrogen) atoms. The van der Waals surface area contributed by atoms with Gasteiger partial charge in [0.05, 0.1) is 6.33 Å². The molecule has 0 aliphatic heterocycles. The Labute approximate surface area is 189 Å². The summed E-state index contributed by atoms with van der Waals surface area (Å²) in [7, 11) is 3.00. The number of nitrogens with zero attached hydrogens (tertiary/aromatic N) is 4. The Bertz CT molecular complexity index is 1240. The number of aryl methyl sites for hydroxylation is 2. The number of hydrogen-bond donors (Lipinski definition) is 1. The molecule has 0 aliphatic rings. The zero-order chi connectivity index (χ0) is 22.9. The Morgan fingerprint density at radius 2 is 1.77 bits per heavy atom. The Balaban J connectivity index is 1.63. The molecule has 2 aromatic heterocycles. The predicted molar refractivity (Wildman–Crippen MR) is 122 cm³/mol. The molecule has 166 valence electrons. The molecule has 10 heteroatoms. The first-order chi connectivity index (χ1) is 14.5. The van der Waals surface area contributed by atoms with Crippen LogP contribution in [0.1, 0.15) is 32.3 Å².